The molecule has 1 unspecified atom stereocenters. The van der Waals surface area contributed by atoms with Crippen LogP contribution in [0, 0.1) is 0 Å². The number of aromatic amines is 1. The van der Waals surface area contributed by atoms with Crippen LogP contribution in [-0.2, 0) is 0 Å². The zero-order valence-corrected chi connectivity index (χ0v) is 11.6. The molecule has 0 aliphatic heterocycles. The van der Waals surface area contributed by atoms with Gasteiger partial charge in [0.25, 0.3) is 0 Å². The number of hydrogen-bond acceptors (Lipinski definition) is 2. The summed E-state index contributed by atoms with van der Waals surface area (Å²) in [6, 6.07) is 16.2. The molecular formula is C17H17NO2. The van der Waals surface area contributed by atoms with Gasteiger partial charge in [0.15, 0.2) is 0 Å². The van der Waals surface area contributed by atoms with Crippen LogP contribution < -0.4 is 4.74 Å². The summed E-state index contributed by atoms with van der Waals surface area (Å²) in [6.45, 7) is 1.76. The number of nitrogens with one attached hydrogen (secondary N) is 1. The molecule has 0 fully saturated rings. The van der Waals surface area contributed by atoms with E-state index in [1.807, 2.05) is 36.4 Å². The number of aromatic nitrogens is 1. The van der Waals surface area contributed by atoms with E-state index in [0.717, 1.165) is 33.5 Å². The van der Waals surface area contributed by atoms with Crippen molar-refractivity contribution in [3.05, 3.63) is 54.2 Å². The molecule has 2 N–H and O–H groups in total. The molecule has 0 spiro atoms. The minimum Gasteiger partial charge on any atom is -0.497 e. The predicted octanol–water partition coefficient (Wildman–Crippen LogP) is 3.90. The Morgan fingerprint density at radius 3 is 2.35 bits per heavy atom. The van der Waals surface area contributed by atoms with Crippen molar-refractivity contribution >= 4 is 10.9 Å². The number of rotatable bonds is 3. The Hall–Kier alpha value is -2.26. The minimum atomic E-state index is -0.480. The molecule has 1 atom stereocenters. The zero-order valence-electron chi connectivity index (χ0n) is 11.6. The number of benzene rings is 2. The van der Waals surface area contributed by atoms with Crippen LogP contribution in [0.4, 0.5) is 0 Å². The zero-order chi connectivity index (χ0) is 14.1. The molecule has 0 radical (unpaired) electrons. The van der Waals surface area contributed by atoms with Crippen molar-refractivity contribution in [3.8, 4) is 16.9 Å². The summed E-state index contributed by atoms with van der Waals surface area (Å²) in [7, 11) is 1.67. The molecule has 1 aromatic heterocycles. The average Bonchev–Trinajstić information content (AvgIpc) is 2.90. The molecule has 3 nitrogen and oxygen atoms in total. The van der Waals surface area contributed by atoms with E-state index in [4.69, 9.17) is 4.74 Å². The van der Waals surface area contributed by atoms with Gasteiger partial charge in [-0.3, -0.25) is 0 Å². The van der Waals surface area contributed by atoms with E-state index in [1.54, 1.807) is 14.0 Å². The van der Waals surface area contributed by atoms with Crippen molar-refractivity contribution in [2.24, 2.45) is 0 Å². The van der Waals surface area contributed by atoms with Gasteiger partial charge in [-0.05, 0) is 48.4 Å². The average molecular weight is 267 g/mol. The van der Waals surface area contributed by atoms with E-state index >= 15 is 0 Å². The van der Waals surface area contributed by atoms with E-state index in [2.05, 4.69) is 17.1 Å². The molecule has 3 heteroatoms. The maximum Gasteiger partial charge on any atom is 0.118 e. The van der Waals surface area contributed by atoms with Gasteiger partial charge in [-0.25, -0.2) is 0 Å². The number of ether oxygens (including phenoxy) is 1. The van der Waals surface area contributed by atoms with Gasteiger partial charge < -0.3 is 14.8 Å². The number of hydrogen-bond donors (Lipinski definition) is 2. The van der Waals surface area contributed by atoms with Gasteiger partial charge >= 0.3 is 0 Å². The number of H-pyrrole nitrogens is 1. The fraction of sp³-hybridized carbons (Fsp3) is 0.176. The molecule has 20 heavy (non-hydrogen) atoms. The van der Waals surface area contributed by atoms with Crippen LogP contribution in [0.25, 0.3) is 22.0 Å². The molecule has 0 bridgehead atoms. The second-order valence-corrected chi connectivity index (χ2v) is 4.93. The summed E-state index contributed by atoms with van der Waals surface area (Å²) in [6.07, 6.45) is -0.480. The van der Waals surface area contributed by atoms with Crippen LogP contribution in [0.3, 0.4) is 0 Å². The lowest BCUT2D eigenvalue weighted by Crippen LogP contribution is -1.88. The highest BCUT2D eigenvalue weighted by molar-refractivity contribution is 5.86. The Morgan fingerprint density at radius 1 is 1.00 bits per heavy atom. The van der Waals surface area contributed by atoms with Gasteiger partial charge in [-0.15, -0.1) is 0 Å². The van der Waals surface area contributed by atoms with Crippen LogP contribution in [0.15, 0.2) is 48.5 Å². The number of methoxy groups -OCH3 is 1. The highest BCUT2D eigenvalue weighted by Gasteiger charge is 2.07. The van der Waals surface area contributed by atoms with Crippen molar-refractivity contribution in [2.45, 2.75) is 13.0 Å². The first-order chi connectivity index (χ1) is 9.67. The Morgan fingerprint density at radius 2 is 1.70 bits per heavy atom. The monoisotopic (exact) mass is 267 g/mol. The molecule has 102 valence electrons. The molecule has 2 aromatic carbocycles. The fourth-order valence-electron chi connectivity index (χ4n) is 2.34. The molecule has 3 aromatic rings. The van der Waals surface area contributed by atoms with E-state index in [9.17, 15) is 5.11 Å². The van der Waals surface area contributed by atoms with Gasteiger partial charge in [-0.1, -0.05) is 18.2 Å². The van der Waals surface area contributed by atoms with Crippen LogP contribution in [0.2, 0.25) is 0 Å². The van der Waals surface area contributed by atoms with Gasteiger partial charge in [-0.2, -0.15) is 0 Å². The topological polar surface area (TPSA) is 45.2 Å². The predicted molar refractivity (Wildman–Crippen MR) is 80.9 cm³/mol. The van der Waals surface area contributed by atoms with Crippen molar-refractivity contribution in [2.75, 3.05) is 7.11 Å². The van der Waals surface area contributed by atoms with E-state index in [-0.39, 0.29) is 0 Å². The maximum atomic E-state index is 9.62. The van der Waals surface area contributed by atoms with Crippen LogP contribution in [0.5, 0.6) is 5.75 Å². The van der Waals surface area contributed by atoms with Gasteiger partial charge in [0, 0.05) is 16.6 Å². The Balaban J connectivity index is 2.02. The first-order valence-corrected chi connectivity index (χ1v) is 6.62. The standard InChI is InChI=1S/C17H17NO2/c1-11(19)17-10-14-9-13(5-8-16(14)18-17)12-3-6-15(20-2)7-4-12/h3-11,18-19H,1-2H3. The lowest BCUT2D eigenvalue weighted by atomic mass is 10.0. The van der Waals surface area contributed by atoms with Gasteiger partial charge in [0.1, 0.15) is 5.75 Å². The van der Waals surface area contributed by atoms with Gasteiger partial charge in [0.05, 0.1) is 13.2 Å². The summed E-state index contributed by atoms with van der Waals surface area (Å²) in [4.78, 5) is 3.22. The number of aliphatic hydroxyl groups excluding tert-OH is 1. The van der Waals surface area contributed by atoms with Crippen molar-refractivity contribution < 1.29 is 9.84 Å². The smallest absolute Gasteiger partial charge is 0.118 e. The first-order valence-electron chi connectivity index (χ1n) is 6.62. The second kappa shape index (κ2) is 5.02. The summed E-state index contributed by atoms with van der Waals surface area (Å²) in [5.74, 6) is 0.855. The third-order valence-electron chi connectivity index (χ3n) is 3.52. The number of aliphatic hydroxyl groups is 1. The summed E-state index contributed by atoms with van der Waals surface area (Å²) >= 11 is 0. The highest BCUT2D eigenvalue weighted by Crippen LogP contribution is 2.27. The van der Waals surface area contributed by atoms with E-state index < -0.39 is 6.10 Å². The van der Waals surface area contributed by atoms with Crippen molar-refractivity contribution in [3.63, 3.8) is 0 Å². The Bertz CT molecular complexity index is 726. The Kier molecular flexibility index (Phi) is 3.20. The molecule has 3 rings (SSSR count). The van der Waals surface area contributed by atoms with E-state index in [0.29, 0.717) is 0 Å². The summed E-state index contributed by atoms with van der Waals surface area (Å²) in [5, 5.41) is 10.7. The lowest BCUT2D eigenvalue weighted by Gasteiger charge is -2.04. The molecule has 0 saturated carbocycles. The largest absolute Gasteiger partial charge is 0.497 e. The number of fused-ring (bicyclic) bond motifs is 1. The van der Waals surface area contributed by atoms with Crippen molar-refractivity contribution in [1.29, 1.82) is 0 Å². The molecule has 1 heterocycles. The quantitative estimate of drug-likeness (QED) is 0.756. The molecule has 0 aliphatic carbocycles. The SMILES string of the molecule is COc1ccc(-c2ccc3[nH]c(C(C)O)cc3c2)cc1. The van der Waals surface area contributed by atoms with Crippen LogP contribution in [0.1, 0.15) is 18.7 Å². The third-order valence-corrected chi connectivity index (χ3v) is 3.52. The molecule has 0 saturated heterocycles. The van der Waals surface area contributed by atoms with Crippen LogP contribution >= 0.6 is 0 Å². The summed E-state index contributed by atoms with van der Waals surface area (Å²) in [5.41, 5.74) is 4.17. The highest BCUT2D eigenvalue weighted by atomic mass is 16.5. The van der Waals surface area contributed by atoms with Gasteiger partial charge in [0.2, 0.25) is 0 Å². The first kappa shape index (κ1) is 12.8. The Labute approximate surface area is 117 Å². The van der Waals surface area contributed by atoms with Crippen molar-refractivity contribution in [1.82, 2.24) is 4.98 Å². The van der Waals surface area contributed by atoms with Crippen LogP contribution in [-0.4, -0.2) is 17.2 Å². The third kappa shape index (κ3) is 2.28. The second-order valence-electron chi connectivity index (χ2n) is 4.93. The maximum absolute atomic E-state index is 9.62. The van der Waals surface area contributed by atoms with E-state index in [1.165, 1.54) is 0 Å². The lowest BCUT2D eigenvalue weighted by molar-refractivity contribution is 0.195. The fourth-order valence-corrected chi connectivity index (χ4v) is 2.34. The molecular weight excluding hydrogens is 250 g/mol. The molecule has 0 amide bonds. The summed E-state index contributed by atoms with van der Waals surface area (Å²) < 4.78 is 5.17. The minimum absolute atomic E-state index is 0.480. The normalized spacial score (nSPS) is 12.6. The molecule has 0 aliphatic rings.